The van der Waals surface area contributed by atoms with Gasteiger partial charge in [-0.25, -0.2) is 0 Å². The minimum Gasteiger partial charge on any atom is -0.321 e. The van der Waals surface area contributed by atoms with Crippen molar-refractivity contribution in [1.29, 1.82) is 0 Å². The molecule has 1 aromatic carbocycles. The van der Waals surface area contributed by atoms with Crippen LogP contribution >= 0.6 is 24.2 Å². The number of nitrogens with one attached hydrogen (secondary N) is 1. The molecule has 1 aromatic heterocycles. The first kappa shape index (κ1) is 19.0. The number of anilines is 1. The topological polar surface area (TPSA) is 58.4 Å². The van der Waals surface area contributed by atoms with Gasteiger partial charge in [0.1, 0.15) is 0 Å². The van der Waals surface area contributed by atoms with Crippen molar-refractivity contribution in [2.45, 2.75) is 51.5 Å². The average Bonchev–Trinajstić information content (AvgIpc) is 3.41. The summed E-state index contributed by atoms with van der Waals surface area (Å²) in [5.74, 6) is 0.0939. The van der Waals surface area contributed by atoms with Crippen LogP contribution in [0.1, 0.15) is 55.2 Å². The van der Waals surface area contributed by atoms with E-state index in [0.717, 1.165) is 42.9 Å². The molecular formula is C21H27N3OS2. The Morgan fingerprint density at radius 2 is 1.70 bits per heavy atom. The lowest BCUT2D eigenvalue weighted by Gasteiger charge is -2.21. The van der Waals surface area contributed by atoms with Crippen LogP contribution in [-0.4, -0.2) is 24.4 Å². The summed E-state index contributed by atoms with van der Waals surface area (Å²) in [6.07, 6.45) is 8.09. The van der Waals surface area contributed by atoms with E-state index in [1.165, 1.54) is 58.4 Å². The average molecular weight is 402 g/mol. The van der Waals surface area contributed by atoms with Crippen molar-refractivity contribution in [3.8, 4) is 0 Å². The Balaban J connectivity index is 0.000000872. The van der Waals surface area contributed by atoms with Gasteiger partial charge in [0.05, 0.1) is 4.88 Å². The normalized spacial score (nSPS) is 17.6. The zero-order valence-corrected chi connectivity index (χ0v) is 17.5. The molecule has 3 N–H and O–H groups in total. The van der Waals surface area contributed by atoms with Crippen molar-refractivity contribution in [2.24, 2.45) is 5.14 Å². The first-order valence-electron chi connectivity index (χ1n) is 9.73. The number of fused-ring (bicyclic) bond motifs is 3. The quantitative estimate of drug-likeness (QED) is 0.672. The predicted molar refractivity (Wildman–Crippen MR) is 116 cm³/mol. The Hall–Kier alpha value is -1.34. The number of likely N-dealkylation sites (N-methyl/N-ethyl adjacent to an activating group) is 1. The zero-order chi connectivity index (χ0) is 19.0. The smallest absolute Gasteiger partial charge is 0.265 e. The molecule has 1 aliphatic heterocycles. The standard InChI is InChI=1S/C21H24N2OS.H3NS/c1-23-9-8-18-15(12-23)11-19(25-18)21(24)22-20-16-6-2-4-13(16)10-14-5-3-7-17(14)20;1-2/h10-11H,2-9,12H2,1H3,(H,22,24);2H,1H2. The number of aryl methyl sites for hydroxylation is 2. The summed E-state index contributed by atoms with van der Waals surface area (Å²) < 4.78 is 0. The summed E-state index contributed by atoms with van der Waals surface area (Å²) in [6, 6.07) is 4.54. The van der Waals surface area contributed by atoms with Gasteiger partial charge in [0.15, 0.2) is 0 Å². The minimum atomic E-state index is 0.0939. The van der Waals surface area contributed by atoms with E-state index >= 15 is 0 Å². The van der Waals surface area contributed by atoms with E-state index in [0.29, 0.717) is 0 Å². The first-order chi connectivity index (χ1) is 13.2. The lowest BCUT2D eigenvalue weighted by atomic mass is 9.98. The molecule has 0 unspecified atom stereocenters. The van der Waals surface area contributed by atoms with Crippen LogP contribution in [0.15, 0.2) is 12.1 Å². The minimum absolute atomic E-state index is 0.0939. The number of carbonyl (C=O) groups is 1. The summed E-state index contributed by atoms with van der Waals surface area (Å²) in [5.41, 5.74) is 8.28. The highest BCUT2D eigenvalue weighted by Gasteiger charge is 2.26. The molecule has 0 radical (unpaired) electrons. The molecule has 5 rings (SSSR count). The second-order valence-corrected chi connectivity index (χ2v) is 8.87. The van der Waals surface area contributed by atoms with Gasteiger partial charge >= 0.3 is 0 Å². The molecule has 0 bridgehead atoms. The highest BCUT2D eigenvalue weighted by Crippen LogP contribution is 2.39. The van der Waals surface area contributed by atoms with Crippen LogP contribution < -0.4 is 10.5 Å². The van der Waals surface area contributed by atoms with E-state index < -0.39 is 0 Å². The number of nitrogens with zero attached hydrogens (tertiary/aromatic N) is 1. The van der Waals surface area contributed by atoms with Gasteiger partial charge < -0.3 is 10.2 Å². The molecular weight excluding hydrogens is 374 g/mol. The lowest BCUT2D eigenvalue weighted by molar-refractivity contribution is 0.103. The fourth-order valence-corrected chi connectivity index (χ4v) is 5.79. The van der Waals surface area contributed by atoms with Crippen molar-refractivity contribution in [3.05, 3.63) is 49.7 Å². The molecule has 2 heterocycles. The maximum atomic E-state index is 13.0. The fraction of sp³-hybridized carbons (Fsp3) is 0.476. The van der Waals surface area contributed by atoms with E-state index in [9.17, 15) is 4.79 Å². The van der Waals surface area contributed by atoms with Gasteiger partial charge in [0, 0.05) is 23.7 Å². The SMILES string of the molecule is CN1CCc2sc(C(=O)Nc3c4c(cc5c3CCC5)CCC4)cc2C1.NS. The van der Waals surface area contributed by atoms with E-state index in [1.54, 1.807) is 11.3 Å². The van der Waals surface area contributed by atoms with Crippen LogP contribution in [0.2, 0.25) is 0 Å². The van der Waals surface area contributed by atoms with Crippen LogP contribution in [0.5, 0.6) is 0 Å². The Bertz CT molecular complexity index is 843. The van der Waals surface area contributed by atoms with E-state index in [1.807, 2.05) is 0 Å². The van der Waals surface area contributed by atoms with E-state index in [4.69, 9.17) is 0 Å². The Labute approximate surface area is 170 Å². The van der Waals surface area contributed by atoms with Gasteiger partial charge in [0.25, 0.3) is 5.91 Å². The van der Waals surface area contributed by atoms with Crippen LogP contribution in [0.25, 0.3) is 0 Å². The molecule has 0 fully saturated rings. The number of nitrogens with two attached hydrogens (primary N) is 1. The van der Waals surface area contributed by atoms with Crippen molar-refractivity contribution in [3.63, 3.8) is 0 Å². The number of benzene rings is 1. The molecule has 0 spiro atoms. The summed E-state index contributed by atoms with van der Waals surface area (Å²) in [4.78, 5) is 17.6. The molecule has 0 saturated heterocycles. The molecule has 27 heavy (non-hydrogen) atoms. The van der Waals surface area contributed by atoms with Crippen molar-refractivity contribution < 1.29 is 4.79 Å². The largest absolute Gasteiger partial charge is 0.321 e. The number of hydrogen-bond acceptors (Lipinski definition) is 5. The van der Waals surface area contributed by atoms with Crippen molar-refractivity contribution in [2.75, 3.05) is 18.9 Å². The highest BCUT2D eigenvalue weighted by atomic mass is 32.1. The van der Waals surface area contributed by atoms with Crippen LogP contribution in [-0.2, 0) is 38.6 Å². The molecule has 1 amide bonds. The van der Waals surface area contributed by atoms with Crippen LogP contribution in [0.4, 0.5) is 5.69 Å². The molecule has 0 saturated carbocycles. The molecule has 0 atom stereocenters. The predicted octanol–water partition coefficient (Wildman–Crippen LogP) is 3.76. The number of thiophene rings is 1. The van der Waals surface area contributed by atoms with Gasteiger partial charge in [0.2, 0.25) is 0 Å². The second kappa shape index (κ2) is 7.95. The molecule has 2 aliphatic carbocycles. The Kier molecular flexibility index (Phi) is 5.60. The molecule has 6 heteroatoms. The zero-order valence-electron chi connectivity index (χ0n) is 15.8. The van der Waals surface area contributed by atoms with E-state index in [2.05, 4.69) is 47.4 Å². The van der Waals surface area contributed by atoms with Gasteiger partial charge in [-0.15, -0.1) is 24.2 Å². The van der Waals surface area contributed by atoms with Gasteiger partial charge in [-0.3, -0.25) is 9.93 Å². The summed E-state index contributed by atoms with van der Waals surface area (Å²) in [6.45, 7) is 2.06. The number of hydrogen-bond donors (Lipinski definition) is 3. The maximum Gasteiger partial charge on any atom is 0.265 e. The summed E-state index contributed by atoms with van der Waals surface area (Å²) in [5, 5.41) is 7.53. The van der Waals surface area contributed by atoms with Gasteiger partial charge in [-0.1, -0.05) is 6.07 Å². The van der Waals surface area contributed by atoms with Crippen molar-refractivity contribution >= 4 is 35.7 Å². The number of rotatable bonds is 2. The molecule has 144 valence electrons. The third-order valence-corrected chi connectivity index (χ3v) is 7.23. The second-order valence-electron chi connectivity index (χ2n) is 7.74. The van der Waals surface area contributed by atoms with Gasteiger partial charge in [-0.2, -0.15) is 0 Å². The Morgan fingerprint density at radius 1 is 1.04 bits per heavy atom. The van der Waals surface area contributed by atoms with Crippen molar-refractivity contribution in [1.82, 2.24) is 4.90 Å². The lowest BCUT2D eigenvalue weighted by Crippen LogP contribution is -2.25. The number of carbonyl (C=O) groups excluding carboxylic acids is 1. The fourth-order valence-electron chi connectivity index (χ4n) is 4.73. The summed E-state index contributed by atoms with van der Waals surface area (Å²) >= 11 is 4.72. The molecule has 3 aliphatic rings. The molecule has 4 nitrogen and oxygen atoms in total. The Morgan fingerprint density at radius 3 is 2.37 bits per heavy atom. The number of thiol groups is 1. The third kappa shape index (κ3) is 3.56. The van der Waals surface area contributed by atoms with Crippen LogP contribution in [0, 0.1) is 0 Å². The summed E-state index contributed by atoms with van der Waals surface area (Å²) in [7, 11) is 2.15. The monoisotopic (exact) mass is 401 g/mol. The highest BCUT2D eigenvalue weighted by molar-refractivity contribution is 7.77. The maximum absolute atomic E-state index is 13.0. The van der Waals surface area contributed by atoms with E-state index in [-0.39, 0.29) is 5.91 Å². The van der Waals surface area contributed by atoms with Gasteiger partial charge in [-0.05, 0) is 85.9 Å². The molecule has 2 aromatic rings. The number of amides is 1. The van der Waals surface area contributed by atoms with Crippen LogP contribution in [0.3, 0.4) is 0 Å². The first-order valence-corrected chi connectivity index (χ1v) is 11.1. The third-order valence-electron chi connectivity index (χ3n) is 5.99.